The summed E-state index contributed by atoms with van der Waals surface area (Å²) < 4.78 is 7.33. The Labute approximate surface area is 106 Å². The van der Waals surface area contributed by atoms with E-state index in [0.717, 1.165) is 22.2 Å². The third kappa shape index (κ3) is 2.06. The monoisotopic (exact) mass is 247 g/mol. The minimum atomic E-state index is -0.776. The molecule has 96 valence electrons. The van der Waals surface area contributed by atoms with Gasteiger partial charge < -0.3 is 14.4 Å². The van der Waals surface area contributed by atoms with Crippen molar-refractivity contribution in [1.82, 2.24) is 4.57 Å². The molecule has 4 nitrogen and oxygen atoms in total. The van der Waals surface area contributed by atoms with Crippen molar-refractivity contribution in [2.75, 3.05) is 7.11 Å². The number of benzene rings is 1. The zero-order chi connectivity index (χ0) is 13.3. The quantitative estimate of drug-likeness (QED) is 0.903. The predicted molar refractivity (Wildman–Crippen MR) is 70.1 cm³/mol. The van der Waals surface area contributed by atoms with Gasteiger partial charge in [0.25, 0.3) is 0 Å². The first-order chi connectivity index (χ1) is 8.54. The van der Waals surface area contributed by atoms with Gasteiger partial charge in [-0.25, -0.2) is 0 Å². The summed E-state index contributed by atoms with van der Waals surface area (Å²) in [6.45, 7) is 1.93. The largest absolute Gasteiger partial charge is 0.495 e. The van der Waals surface area contributed by atoms with E-state index in [1.54, 1.807) is 7.11 Å². The van der Waals surface area contributed by atoms with Crippen molar-refractivity contribution in [2.24, 2.45) is 7.05 Å². The molecule has 0 aliphatic heterocycles. The Kier molecular flexibility index (Phi) is 3.28. The Hall–Kier alpha value is -1.97. The molecule has 1 heterocycles. The fraction of sp³-hybridized carbons (Fsp3) is 0.357. The van der Waals surface area contributed by atoms with Gasteiger partial charge in [-0.1, -0.05) is 19.1 Å². The maximum atomic E-state index is 10.8. The van der Waals surface area contributed by atoms with Crippen LogP contribution in [-0.4, -0.2) is 22.8 Å². The lowest BCUT2D eigenvalue weighted by atomic mass is 9.97. The van der Waals surface area contributed by atoms with Crippen molar-refractivity contribution < 1.29 is 14.6 Å². The van der Waals surface area contributed by atoms with Crippen LogP contribution in [0.15, 0.2) is 24.4 Å². The summed E-state index contributed by atoms with van der Waals surface area (Å²) in [7, 11) is 3.59. The summed E-state index contributed by atoms with van der Waals surface area (Å²) in [5, 5.41) is 9.95. The van der Waals surface area contributed by atoms with Gasteiger partial charge in [0.15, 0.2) is 0 Å². The lowest BCUT2D eigenvalue weighted by Gasteiger charge is -2.07. The molecule has 1 N–H and O–H groups in total. The van der Waals surface area contributed by atoms with Crippen LogP contribution in [0.1, 0.15) is 24.8 Å². The summed E-state index contributed by atoms with van der Waals surface area (Å²) in [4.78, 5) is 10.8. The number of hydrogen-bond donors (Lipinski definition) is 1. The molecule has 0 saturated carbocycles. The molecule has 0 saturated heterocycles. The Morgan fingerprint density at radius 2 is 2.22 bits per heavy atom. The summed E-state index contributed by atoms with van der Waals surface area (Å²) in [6.07, 6.45) is 2.12. The molecule has 2 aromatic rings. The van der Waals surface area contributed by atoms with Crippen molar-refractivity contribution >= 4 is 16.9 Å². The standard InChI is InChI=1S/C14H17NO3/c1-9(7-13(16)17)11-8-15(2)14-10(11)5-4-6-12(14)18-3/h4-6,8-9H,7H2,1-3H3,(H,16,17). The lowest BCUT2D eigenvalue weighted by molar-refractivity contribution is -0.137. The molecule has 4 heteroatoms. The number of ether oxygens (including phenoxy) is 1. The highest BCUT2D eigenvalue weighted by molar-refractivity contribution is 5.90. The zero-order valence-electron chi connectivity index (χ0n) is 10.8. The number of carboxylic acids is 1. The average Bonchev–Trinajstić information content (AvgIpc) is 2.66. The van der Waals surface area contributed by atoms with Crippen LogP contribution in [0.2, 0.25) is 0 Å². The van der Waals surface area contributed by atoms with Crippen LogP contribution in [-0.2, 0) is 11.8 Å². The molecule has 0 amide bonds. The van der Waals surface area contributed by atoms with Crippen LogP contribution in [0.4, 0.5) is 0 Å². The number of hydrogen-bond acceptors (Lipinski definition) is 2. The third-order valence-electron chi connectivity index (χ3n) is 3.23. The number of aromatic nitrogens is 1. The molecule has 0 aliphatic rings. The minimum Gasteiger partial charge on any atom is -0.495 e. The summed E-state index contributed by atoms with van der Waals surface area (Å²) in [5.41, 5.74) is 2.06. The molecule has 1 aromatic heterocycles. The fourth-order valence-corrected chi connectivity index (χ4v) is 2.39. The van der Waals surface area contributed by atoms with Crippen LogP contribution in [0.5, 0.6) is 5.75 Å². The number of fused-ring (bicyclic) bond motifs is 1. The van der Waals surface area contributed by atoms with E-state index in [1.165, 1.54) is 0 Å². The molecule has 0 aliphatic carbocycles. The number of aliphatic carboxylic acids is 1. The van der Waals surface area contributed by atoms with Crippen LogP contribution in [0, 0.1) is 0 Å². The second-order valence-electron chi connectivity index (χ2n) is 4.55. The molecule has 1 atom stereocenters. The maximum Gasteiger partial charge on any atom is 0.303 e. The molecule has 0 spiro atoms. The van der Waals surface area contributed by atoms with Gasteiger partial charge in [-0.15, -0.1) is 0 Å². The molecule has 2 rings (SSSR count). The van der Waals surface area contributed by atoms with Gasteiger partial charge in [-0.3, -0.25) is 4.79 Å². The molecule has 0 radical (unpaired) electrons. The maximum absolute atomic E-state index is 10.8. The van der Waals surface area contributed by atoms with Gasteiger partial charge in [-0.2, -0.15) is 0 Å². The molecule has 0 bridgehead atoms. The van der Waals surface area contributed by atoms with Crippen molar-refractivity contribution in [1.29, 1.82) is 0 Å². The second-order valence-corrected chi connectivity index (χ2v) is 4.55. The van der Waals surface area contributed by atoms with Gasteiger partial charge in [0.05, 0.1) is 19.0 Å². The van der Waals surface area contributed by atoms with E-state index in [0.29, 0.717) is 0 Å². The van der Waals surface area contributed by atoms with E-state index in [-0.39, 0.29) is 12.3 Å². The highest BCUT2D eigenvalue weighted by Crippen LogP contribution is 2.33. The number of rotatable bonds is 4. The zero-order valence-corrected chi connectivity index (χ0v) is 10.8. The van der Waals surface area contributed by atoms with Crippen LogP contribution >= 0.6 is 0 Å². The molecule has 18 heavy (non-hydrogen) atoms. The van der Waals surface area contributed by atoms with E-state index < -0.39 is 5.97 Å². The van der Waals surface area contributed by atoms with Crippen LogP contribution in [0.3, 0.4) is 0 Å². The number of aryl methyl sites for hydroxylation is 1. The Balaban J connectivity index is 2.56. The molecule has 1 aromatic carbocycles. The summed E-state index contributed by atoms with van der Waals surface area (Å²) in [6, 6.07) is 5.84. The smallest absolute Gasteiger partial charge is 0.303 e. The van der Waals surface area contributed by atoms with Gasteiger partial charge >= 0.3 is 5.97 Å². The van der Waals surface area contributed by atoms with E-state index in [9.17, 15) is 4.79 Å². The SMILES string of the molecule is COc1cccc2c(C(C)CC(=O)O)cn(C)c12. The Morgan fingerprint density at radius 1 is 1.50 bits per heavy atom. The summed E-state index contributed by atoms with van der Waals surface area (Å²) in [5.74, 6) is 0.0180. The van der Waals surface area contributed by atoms with Crippen LogP contribution in [0.25, 0.3) is 10.9 Å². The minimum absolute atomic E-state index is 0.0155. The number of para-hydroxylation sites is 1. The number of carbonyl (C=O) groups is 1. The Bertz CT molecular complexity index is 586. The first-order valence-electron chi connectivity index (χ1n) is 5.88. The number of methoxy groups -OCH3 is 1. The number of carboxylic acid groups (broad SMARTS) is 1. The highest BCUT2D eigenvalue weighted by Gasteiger charge is 2.17. The molecular weight excluding hydrogens is 230 g/mol. The van der Waals surface area contributed by atoms with Crippen molar-refractivity contribution in [3.8, 4) is 5.75 Å². The van der Waals surface area contributed by atoms with E-state index in [1.807, 2.05) is 42.9 Å². The molecule has 1 unspecified atom stereocenters. The van der Waals surface area contributed by atoms with Gasteiger partial charge in [0.1, 0.15) is 5.75 Å². The van der Waals surface area contributed by atoms with Crippen molar-refractivity contribution in [3.05, 3.63) is 30.0 Å². The first-order valence-corrected chi connectivity index (χ1v) is 5.88. The number of nitrogens with zero attached hydrogens (tertiary/aromatic N) is 1. The van der Waals surface area contributed by atoms with Gasteiger partial charge in [0.2, 0.25) is 0 Å². The third-order valence-corrected chi connectivity index (χ3v) is 3.23. The molecule has 0 fully saturated rings. The fourth-order valence-electron chi connectivity index (χ4n) is 2.39. The first kappa shape index (κ1) is 12.5. The van der Waals surface area contributed by atoms with Crippen molar-refractivity contribution in [3.63, 3.8) is 0 Å². The van der Waals surface area contributed by atoms with E-state index in [2.05, 4.69) is 0 Å². The normalized spacial score (nSPS) is 12.6. The highest BCUT2D eigenvalue weighted by atomic mass is 16.5. The molecular formula is C14H17NO3. The van der Waals surface area contributed by atoms with Crippen molar-refractivity contribution in [2.45, 2.75) is 19.3 Å². The average molecular weight is 247 g/mol. The van der Waals surface area contributed by atoms with E-state index >= 15 is 0 Å². The predicted octanol–water partition coefficient (Wildman–Crippen LogP) is 2.77. The van der Waals surface area contributed by atoms with Gasteiger partial charge in [0, 0.05) is 18.6 Å². The Morgan fingerprint density at radius 3 is 2.83 bits per heavy atom. The lowest BCUT2D eigenvalue weighted by Crippen LogP contribution is -2.02. The van der Waals surface area contributed by atoms with E-state index in [4.69, 9.17) is 9.84 Å². The van der Waals surface area contributed by atoms with Crippen LogP contribution < -0.4 is 4.74 Å². The summed E-state index contributed by atoms with van der Waals surface area (Å²) >= 11 is 0. The van der Waals surface area contributed by atoms with Gasteiger partial charge in [-0.05, 0) is 17.5 Å². The second kappa shape index (κ2) is 4.72. The topological polar surface area (TPSA) is 51.5 Å².